The van der Waals surface area contributed by atoms with Gasteiger partial charge in [-0.2, -0.15) is 0 Å². The Morgan fingerprint density at radius 3 is 2.72 bits per heavy atom. The maximum atomic E-state index is 6.08. The number of hydrogen-bond acceptors (Lipinski definition) is 4. The van der Waals surface area contributed by atoms with E-state index in [4.69, 9.17) is 25.8 Å². The average molecular weight is 429 g/mol. The van der Waals surface area contributed by atoms with Gasteiger partial charge in [-0.15, -0.1) is 0 Å². The Morgan fingerprint density at radius 2 is 2.00 bits per heavy atom. The van der Waals surface area contributed by atoms with Crippen molar-refractivity contribution in [1.29, 1.82) is 0 Å². The van der Waals surface area contributed by atoms with E-state index in [1.165, 1.54) is 0 Å². The molecule has 0 saturated carbocycles. The van der Waals surface area contributed by atoms with E-state index in [0.717, 1.165) is 40.9 Å². The van der Waals surface area contributed by atoms with Crippen molar-refractivity contribution < 1.29 is 14.2 Å². The van der Waals surface area contributed by atoms with Crippen LogP contribution in [-0.4, -0.2) is 27.4 Å². The topological polar surface area (TPSA) is 39.7 Å². The molecule has 4 nitrogen and oxygen atoms in total. The Bertz CT molecular complexity index is 682. The van der Waals surface area contributed by atoms with E-state index in [1.807, 2.05) is 36.4 Å². The summed E-state index contributed by atoms with van der Waals surface area (Å²) in [6.45, 7) is 2.70. The van der Waals surface area contributed by atoms with Gasteiger partial charge in [0, 0.05) is 35.3 Å². The van der Waals surface area contributed by atoms with Crippen LogP contribution in [0.5, 0.6) is 11.5 Å². The Kier molecular flexibility index (Phi) is 8.55. The minimum atomic E-state index is 0.421. The van der Waals surface area contributed by atoms with Crippen molar-refractivity contribution in [2.75, 3.05) is 27.4 Å². The first-order valence-electron chi connectivity index (χ1n) is 8.08. The van der Waals surface area contributed by atoms with Crippen LogP contribution in [0.15, 0.2) is 40.9 Å². The molecule has 0 heterocycles. The fourth-order valence-corrected chi connectivity index (χ4v) is 3.07. The van der Waals surface area contributed by atoms with E-state index in [0.29, 0.717) is 23.9 Å². The van der Waals surface area contributed by atoms with Gasteiger partial charge in [-0.3, -0.25) is 0 Å². The summed E-state index contributed by atoms with van der Waals surface area (Å²) in [7, 11) is 3.35. The third-order valence-electron chi connectivity index (χ3n) is 3.66. The van der Waals surface area contributed by atoms with E-state index in [1.54, 1.807) is 14.2 Å². The minimum absolute atomic E-state index is 0.421. The first-order valence-corrected chi connectivity index (χ1v) is 9.25. The molecule has 0 saturated heterocycles. The minimum Gasteiger partial charge on any atom is -0.493 e. The third-order valence-corrected chi connectivity index (χ3v) is 4.64. The third kappa shape index (κ3) is 6.19. The van der Waals surface area contributed by atoms with Crippen molar-refractivity contribution >= 4 is 27.5 Å². The van der Waals surface area contributed by atoms with Crippen LogP contribution in [0.3, 0.4) is 0 Å². The summed E-state index contributed by atoms with van der Waals surface area (Å²) in [6.07, 6.45) is 0.955. The first kappa shape index (κ1) is 20.0. The lowest BCUT2D eigenvalue weighted by atomic mass is 10.1. The van der Waals surface area contributed by atoms with E-state index >= 15 is 0 Å². The van der Waals surface area contributed by atoms with Gasteiger partial charge in [-0.1, -0.05) is 39.7 Å². The molecule has 0 aliphatic heterocycles. The highest BCUT2D eigenvalue weighted by Gasteiger charge is 2.14. The fourth-order valence-electron chi connectivity index (χ4n) is 2.40. The summed E-state index contributed by atoms with van der Waals surface area (Å²) in [4.78, 5) is 0. The largest absolute Gasteiger partial charge is 0.493 e. The SMILES string of the molecule is COCCCNCc1c(Br)ccc(OC)c1OCc1cccc(Cl)c1. The second-order valence-corrected chi connectivity index (χ2v) is 6.79. The van der Waals surface area contributed by atoms with Gasteiger partial charge in [0.2, 0.25) is 0 Å². The van der Waals surface area contributed by atoms with Crippen molar-refractivity contribution in [3.63, 3.8) is 0 Å². The van der Waals surface area contributed by atoms with Gasteiger partial charge in [-0.05, 0) is 42.8 Å². The Labute approximate surface area is 162 Å². The Morgan fingerprint density at radius 1 is 1.16 bits per heavy atom. The lowest BCUT2D eigenvalue weighted by molar-refractivity contribution is 0.194. The van der Waals surface area contributed by atoms with Crippen LogP contribution in [0.1, 0.15) is 17.5 Å². The van der Waals surface area contributed by atoms with Crippen LogP contribution >= 0.6 is 27.5 Å². The van der Waals surface area contributed by atoms with Crippen LogP contribution in [-0.2, 0) is 17.9 Å². The number of benzene rings is 2. The quantitative estimate of drug-likeness (QED) is 0.551. The second kappa shape index (κ2) is 10.7. The van der Waals surface area contributed by atoms with Gasteiger partial charge in [0.25, 0.3) is 0 Å². The predicted octanol–water partition coefficient (Wildman–Crippen LogP) is 4.82. The zero-order valence-corrected chi connectivity index (χ0v) is 16.8. The molecule has 25 heavy (non-hydrogen) atoms. The van der Waals surface area contributed by atoms with Crippen molar-refractivity contribution in [1.82, 2.24) is 5.32 Å². The maximum Gasteiger partial charge on any atom is 0.167 e. The predicted molar refractivity (Wildman–Crippen MR) is 105 cm³/mol. The van der Waals surface area contributed by atoms with Crippen molar-refractivity contribution in [3.8, 4) is 11.5 Å². The fraction of sp³-hybridized carbons (Fsp3) is 0.368. The zero-order chi connectivity index (χ0) is 18.1. The molecule has 0 bridgehead atoms. The highest BCUT2D eigenvalue weighted by atomic mass is 79.9. The Hall–Kier alpha value is -1.27. The highest BCUT2D eigenvalue weighted by Crippen LogP contribution is 2.36. The molecular weight excluding hydrogens is 406 g/mol. The molecule has 0 spiro atoms. The normalized spacial score (nSPS) is 10.7. The molecule has 1 N–H and O–H groups in total. The van der Waals surface area contributed by atoms with Gasteiger partial charge in [0.05, 0.1) is 7.11 Å². The number of hydrogen-bond donors (Lipinski definition) is 1. The number of halogens is 2. The monoisotopic (exact) mass is 427 g/mol. The molecule has 0 aliphatic carbocycles. The zero-order valence-electron chi connectivity index (χ0n) is 14.5. The highest BCUT2D eigenvalue weighted by molar-refractivity contribution is 9.10. The lowest BCUT2D eigenvalue weighted by Crippen LogP contribution is -2.17. The summed E-state index contributed by atoms with van der Waals surface area (Å²) >= 11 is 9.65. The number of methoxy groups -OCH3 is 2. The van der Waals surface area contributed by atoms with E-state index in [9.17, 15) is 0 Å². The summed E-state index contributed by atoms with van der Waals surface area (Å²) in [5, 5.41) is 4.11. The van der Waals surface area contributed by atoms with Crippen LogP contribution in [0.25, 0.3) is 0 Å². The number of nitrogens with one attached hydrogen (secondary N) is 1. The molecule has 136 valence electrons. The van der Waals surface area contributed by atoms with E-state index < -0.39 is 0 Å². The summed E-state index contributed by atoms with van der Waals surface area (Å²) in [5.74, 6) is 1.44. The smallest absolute Gasteiger partial charge is 0.167 e. The van der Waals surface area contributed by atoms with Gasteiger partial charge < -0.3 is 19.5 Å². The molecule has 6 heteroatoms. The Balaban J connectivity index is 2.11. The van der Waals surface area contributed by atoms with Gasteiger partial charge in [0.1, 0.15) is 6.61 Å². The lowest BCUT2D eigenvalue weighted by Gasteiger charge is -2.17. The van der Waals surface area contributed by atoms with Crippen LogP contribution < -0.4 is 14.8 Å². The standard InChI is InChI=1S/C19H23BrClNO3/c1-23-10-4-9-22-12-16-17(20)7-8-18(24-2)19(16)25-13-14-5-3-6-15(21)11-14/h3,5-8,11,22H,4,9-10,12-13H2,1-2H3. The van der Waals surface area contributed by atoms with E-state index in [-0.39, 0.29) is 0 Å². The van der Waals surface area contributed by atoms with E-state index in [2.05, 4.69) is 21.2 Å². The second-order valence-electron chi connectivity index (χ2n) is 5.50. The van der Waals surface area contributed by atoms with Crippen LogP contribution in [0.4, 0.5) is 0 Å². The van der Waals surface area contributed by atoms with Crippen molar-refractivity contribution in [2.24, 2.45) is 0 Å². The molecule has 0 amide bonds. The molecule has 2 aromatic carbocycles. The molecule has 0 fully saturated rings. The van der Waals surface area contributed by atoms with Crippen molar-refractivity contribution in [2.45, 2.75) is 19.6 Å². The van der Waals surface area contributed by atoms with Gasteiger partial charge in [0.15, 0.2) is 11.5 Å². The van der Waals surface area contributed by atoms with Gasteiger partial charge >= 0.3 is 0 Å². The number of rotatable bonds is 10. The molecule has 0 aromatic heterocycles. The first-order chi connectivity index (χ1) is 12.2. The van der Waals surface area contributed by atoms with Crippen LogP contribution in [0, 0.1) is 0 Å². The molecule has 0 atom stereocenters. The number of ether oxygens (including phenoxy) is 3. The summed E-state index contributed by atoms with van der Waals surface area (Å²) in [5.41, 5.74) is 2.03. The summed E-state index contributed by atoms with van der Waals surface area (Å²) in [6, 6.07) is 11.5. The molecular formula is C19H23BrClNO3. The molecule has 0 radical (unpaired) electrons. The average Bonchev–Trinajstić information content (AvgIpc) is 2.61. The summed E-state index contributed by atoms with van der Waals surface area (Å²) < 4.78 is 17.6. The van der Waals surface area contributed by atoms with Gasteiger partial charge in [-0.25, -0.2) is 0 Å². The van der Waals surface area contributed by atoms with Crippen molar-refractivity contribution in [3.05, 3.63) is 57.0 Å². The maximum absolute atomic E-state index is 6.08. The molecule has 2 rings (SSSR count). The molecule has 0 unspecified atom stereocenters. The molecule has 2 aromatic rings. The molecule has 0 aliphatic rings. The van der Waals surface area contributed by atoms with Crippen LogP contribution in [0.2, 0.25) is 5.02 Å².